The maximum atomic E-state index is 14.2. The van der Waals surface area contributed by atoms with Crippen LogP contribution in [-0.2, 0) is 14.6 Å². The molecule has 1 amide bonds. The van der Waals surface area contributed by atoms with Crippen LogP contribution in [0.1, 0.15) is 33.5 Å². The second kappa shape index (κ2) is 8.48. The minimum Gasteiger partial charge on any atom is -0.347 e. The summed E-state index contributed by atoms with van der Waals surface area (Å²) in [6, 6.07) is 8.06. The van der Waals surface area contributed by atoms with Crippen LogP contribution in [0.5, 0.6) is 0 Å². The van der Waals surface area contributed by atoms with E-state index in [1.807, 2.05) is 0 Å². The van der Waals surface area contributed by atoms with Gasteiger partial charge in [0.05, 0.1) is 23.3 Å². The van der Waals surface area contributed by atoms with Gasteiger partial charge in [-0.3, -0.25) is 4.79 Å². The molecular weight excluding hydrogens is 520 g/mol. The second-order valence-corrected chi connectivity index (χ2v) is 12.2. The summed E-state index contributed by atoms with van der Waals surface area (Å²) in [5, 5.41) is 2.85. The SMILES string of the molecule is Cc1cc(C2=NSC(c3cc(Cl)cc(Cl)c3)(C(F)(F)F)C2)ccc1C(=O)NC1CS(=O)(=O)C1. The number of alkyl halides is 3. The van der Waals surface area contributed by atoms with Gasteiger partial charge in [0, 0.05) is 22.0 Å². The zero-order valence-corrected chi connectivity index (χ0v) is 20.2. The van der Waals surface area contributed by atoms with Gasteiger partial charge in [0.2, 0.25) is 0 Å². The Bertz CT molecular complexity index is 1250. The quantitative estimate of drug-likeness (QED) is 0.549. The maximum Gasteiger partial charge on any atom is 0.409 e. The number of hydrogen-bond acceptors (Lipinski definition) is 5. The van der Waals surface area contributed by atoms with Gasteiger partial charge in [-0.2, -0.15) is 13.2 Å². The van der Waals surface area contributed by atoms with Crippen LogP contribution in [0.3, 0.4) is 0 Å². The Kier molecular flexibility index (Phi) is 6.26. The highest BCUT2D eigenvalue weighted by atomic mass is 35.5. The molecule has 2 aliphatic rings. The van der Waals surface area contributed by atoms with Crippen molar-refractivity contribution in [2.24, 2.45) is 4.40 Å². The van der Waals surface area contributed by atoms with Crippen molar-refractivity contribution in [3.63, 3.8) is 0 Å². The number of rotatable bonds is 4. The summed E-state index contributed by atoms with van der Waals surface area (Å²) >= 11 is 12.3. The molecule has 5 nitrogen and oxygen atoms in total. The lowest BCUT2D eigenvalue weighted by molar-refractivity contribution is -0.159. The van der Waals surface area contributed by atoms with E-state index in [0.717, 1.165) is 0 Å². The molecule has 2 aliphatic heterocycles. The Morgan fingerprint density at radius 1 is 1.15 bits per heavy atom. The molecule has 1 unspecified atom stereocenters. The molecule has 2 heterocycles. The van der Waals surface area contributed by atoms with Crippen molar-refractivity contribution in [3.8, 4) is 0 Å². The molecule has 1 N–H and O–H groups in total. The number of nitrogens with zero attached hydrogens (tertiary/aromatic N) is 1. The molecule has 0 aliphatic carbocycles. The van der Waals surface area contributed by atoms with Crippen molar-refractivity contribution in [3.05, 3.63) is 68.7 Å². The van der Waals surface area contributed by atoms with Crippen LogP contribution in [0.15, 0.2) is 40.8 Å². The third kappa shape index (κ3) is 4.76. The number of nitrogens with one attached hydrogen (secondary N) is 1. The van der Waals surface area contributed by atoms with Gasteiger partial charge in [0.25, 0.3) is 5.91 Å². The third-order valence-electron chi connectivity index (χ3n) is 5.56. The molecule has 0 bridgehead atoms. The summed E-state index contributed by atoms with van der Waals surface area (Å²) in [5.74, 6) is -0.631. The smallest absolute Gasteiger partial charge is 0.347 e. The predicted octanol–water partition coefficient (Wildman–Crippen LogP) is 5.13. The molecule has 33 heavy (non-hydrogen) atoms. The molecule has 0 radical (unpaired) electrons. The summed E-state index contributed by atoms with van der Waals surface area (Å²) in [6.45, 7) is 1.66. The van der Waals surface area contributed by atoms with Crippen LogP contribution < -0.4 is 5.32 Å². The predicted molar refractivity (Wildman–Crippen MR) is 124 cm³/mol. The van der Waals surface area contributed by atoms with Crippen LogP contribution in [0.25, 0.3) is 0 Å². The fourth-order valence-corrected chi connectivity index (χ4v) is 6.64. The Labute approximate surface area is 202 Å². The van der Waals surface area contributed by atoms with Crippen LogP contribution in [0, 0.1) is 6.92 Å². The number of sulfone groups is 1. The highest BCUT2D eigenvalue weighted by Crippen LogP contribution is 2.57. The lowest BCUT2D eigenvalue weighted by Gasteiger charge is -2.30. The number of halogens is 5. The molecule has 176 valence electrons. The van der Waals surface area contributed by atoms with E-state index < -0.39 is 39.1 Å². The Hall–Kier alpha value is -1.75. The summed E-state index contributed by atoms with van der Waals surface area (Å²) < 4.78 is 67.1. The van der Waals surface area contributed by atoms with Gasteiger partial charge in [-0.05, 0) is 65.9 Å². The second-order valence-electron chi connectivity index (χ2n) is 8.07. The molecule has 1 atom stereocenters. The Morgan fingerprint density at radius 2 is 1.79 bits per heavy atom. The molecule has 4 rings (SSSR count). The van der Waals surface area contributed by atoms with Gasteiger partial charge < -0.3 is 5.32 Å². The van der Waals surface area contributed by atoms with Crippen LogP contribution in [-0.4, -0.2) is 43.8 Å². The van der Waals surface area contributed by atoms with E-state index in [0.29, 0.717) is 28.6 Å². The molecular formula is C21H17Cl2F3N2O3S2. The number of benzene rings is 2. The van der Waals surface area contributed by atoms with Crippen molar-refractivity contribution in [1.29, 1.82) is 0 Å². The third-order valence-corrected chi connectivity index (χ3v) is 9.06. The van der Waals surface area contributed by atoms with Crippen molar-refractivity contribution < 1.29 is 26.4 Å². The summed E-state index contributed by atoms with van der Waals surface area (Å²) in [6.07, 6.45) is -5.06. The Morgan fingerprint density at radius 3 is 2.33 bits per heavy atom. The molecule has 0 spiro atoms. The van der Waals surface area contributed by atoms with E-state index in [-0.39, 0.29) is 32.8 Å². The first-order valence-electron chi connectivity index (χ1n) is 9.70. The first-order valence-corrected chi connectivity index (χ1v) is 13.1. The molecule has 1 fully saturated rings. The van der Waals surface area contributed by atoms with E-state index in [2.05, 4.69) is 9.71 Å². The lowest BCUT2D eigenvalue weighted by Crippen LogP contribution is -2.53. The van der Waals surface area contributed by atoms with Crippen LogP contribution in [0.2, 0.25) is 10.0 Å². The van der Waals surface area contributed by atoms with Gasteiger partial charge >= 0.3 is 6.18 Å². The number of amides is 1. The van der Waals surface area contributed by atoms with Crippen molar-refractivity contribution in [1.82, 2.24) is 5.32 Å². The average Bonchev–Trinajstić information content (AvgIpc) is 3.12. The monoisotopic (exact) mass is 536 g/mol. The first kappa shape index (κ1) is 24.4. The Balaban J connectivity index is 1.57. The highest BCUT2D eigenvalue weighted by Gasteiger charge is 2.60. The normalized spacial score (nSPS) is 22.5. The van der Waals surface area contributed by atoms with E-state index in [4.69, 9.17) is 23.2 Å². The molecule has 0 aromatic heterocycles. The van der Waals surface area contributed by atoms with Gasteiger partial charge in [-0.25, -0.2) is 12.8 Å². The van der Waals surface area contributed by atoms with Crippen molar-refractivity contribution >= 4 is 56.6 Å². The molecule has 0 saturated carbocycles. The standard InChI is InChI=1S/C21H17Cl2F3N2O3S2/c1-11-4-12(2-3-17(11)19(29)27-16-9-33(30,31)10-16)18-8-20(32-28-18,21(24,25)26)13-5-14(22)7-15(23)6-13/h2-7,16H,8-10H2,1H3,(H,27,29). The van der Waals surface area contributed by atoms with Gasteiger partial charge in [0.15, 0.2) is 14.6 Å². The lowest BCUT2D eigenvalue weighted by atomic mass is 9.89. The van der Waals surface area contributed by atoms with Crippen LogP contribution in [0.4, 0.5) is 13.2 Å². The number of hydrogen-bond donors (Lipinski definition) is 1. The highest BCUT2D eigenvalue weighted by molar-refractivity contribution is 7.99. The summed E-state index contributed by atoms with van der Waals surface area (Å²) in [5.41, 5.74) is 1.46. The van der Waals surface area contributed by atoms with Gasteiger partial charge in [0.1, 0.15) is 0 Å². The average molecular weight is 537 g/mol. The zero-order chi connectivity index (χ0) is 24.2. The van der Waals surface area contributed by atoms with Crippen LogP contribution >= 0.6 is 35.1 Å². The molecule has 2 aromatic rings. The topological polar surface area (TPSA) is 75.6 Å². The van der Waals surface area contributed by atoms with E-state index in [1.54, 1.807) is 13.0 Å². The maximum absolute atomic E-state index is 14.2. The number of carbonyl (C=O) groups excluding carboxylic acids is 1. The number of aryl methyl sites for hydroxylation is 1. The van der Waals surface area contributed by atoms with E-state index in [9.17, 15) is 26.4 Å². The summed E-state index contributed by atoms with van der Waals surface area (Å²) in [4.78, 5) is 12.5. The summed E-state index contributed by atoms with van der Waals surface area (Å²) in [7, 11) is -3.08. The van der Waals surface area contributed by atoms with E-state index in [1.165, 1.54) is 30.3 Å². The zero-order valence-electron chi connectivity index (χ0n) is 17.0. The minimum atomic E-state index is -4.63. The number of carbonyl (C=O) groups is 1. The first-order chi connectivity index (χ1) is 15.3. The molecule has 1 saturated heterocycles. The van der Waals surface area contributed by atoms with Gasteiger partial charge in [-0.1, -0.05) is 29.3 Å². The molecule has 12 heteroatoms. The fourth-order valence-electron chi connectivity index (χ4n) is 3.85. The van der Waals surface area contributed by atoms with Crippen molar-refractivity contribution in [2.75, 3.05) is 11.5 Å². The minimum absolute atomic E-state index is 0.0839. The molecule has 2 aromatic carbocycles. The fraction of sp³-hybridized carbons (Fsp3) is 0.333. The largest absolute Gasteiger partial charge is 0.409 e. The van der Waals surface area contributed by atoms with Crippen molar-refractivity contribution in [2.45, 2.75) is 30.3 Å². The van der Waals surface area contributed by atoms with Gasteiger partial charge in [-0.15, -0.1) is 0 Å². The van der Waals surface area contributed by atoms with E-state index >= 15 is 0 Å².